The number of carbonyl (C=O) groups excluding carboxylic acids is 2. The third kappa shape index (κ3) is 4.30. The summed E-state index contributed by atoms with van der Waals surface area (Å²) < 4.78 is 0. The van der Waals surface area contributed by atoms with Crippen molar-refractivity contribution in [3.63, 3.8) is 0 Å². The van der Waals surface area contributed by atoms with Crippen molar-refractivity contribution in [1.29, 1.82) is 0 Å². The molecule has 3 N–H and O–H groups in total. The maximum atomic E-state index is 13.4. The van der Waals surface area contributed by atoms with Crippen LogP contribution in [0.5, 0.6) is 0 Å². The molecule has 2 aliphatic carbocycles. The number of benzene rings is 3. The minimum absolute atomic E-state index is 0.0683. The highest BCUT2D eigenvalue weighted by atomic mass is 16.2. The summed E-state index contributed by atoms with van der Waals surface area (Å²) in [5, 5.41) is 9.86. The van der Waals surface area contributed by atoms with Gasteiger partial charge in [0.1, 0.15) is 0 Å². The van der Waals surface area contributed by atoms with Gasteiger partial charge in [0.15, 0.2) is 0 Å². The number of nitrogens with one attached hydrogen (secondary N) is 3. The fraction of sp³-hybridized carbons (Fsp3) is 0.375. The van der Waals surface area contributed by atoms with Crippen molar-refractivity contribution in [3.05, 3.63) is 95.1 Å². The van der Waals surface area contributed by atoms with E-state index in [0.717, 1.165) is 18.0 Å². The molecule has 190 valence electrons. The van der Waals surface area contributed by atoms with Gasteiger partial charge in [-0.2, -0.15) is 0 Å². The Morgan fingerprint density at radius 3 is 2.51 bits per heavy atom. The summed E-state index contributed by atoms with van der Waals surface area (Å²) in [6.07, 6.45) is 4.72. The molecule has 3 aromatic rings. The third-order valence-corrected chi connectivity index (χ3v) is 8.92. The van der Waals surface area contributed by atoms with Crippen molar-refractivity contribution in [3.8, 4) is 0 Å². The smallest absolute Gasteiger partial charge is 0.255 e. The lowest BCUT2D eigenvalue weighted by Gasteiger charge is -2.43. The maximum absolute atomic E-state index is 13.4. The average Bonchev–Trinajstić information content (AvgIpc) is 3.56. The molecule has 5 nitrogen and oxygen atoms in total. The molecule has 2 saturated carbocycles. The Hall–Kier alpha value is -3.60. The molecule has 0 aromatic heterocycles. The SMILES string of the molecule is CC[C@H](C)NC(=O)c1ccccc1NC(=O)c1ccc2c(c1)[C@@H]1[C@H]3CC[C@@H](C3)[C@H]1[C@H](c1ccccc1)N2. The van der Waals surface area contributed by atoms with Crippen molar-refractivity contribution in [2.24, 2.45) is 17.8 Å². The first kappa shape index (κ1) is 23.8. The van der Waals surface area contributed by atoms with E-state index < -0.39 is 0 Å². The van der Waals surface area contributed by atoms with Crippen LogP contribution < -0.4 is 16.0 Å². The van der Waals surface area contributed by atoms with Gasteiger partial charge in [-0.15, -0.1) is 0 Å². The summed E-state index contributed by atoms with van der Waals surface area (Å²) in [6.45, 7) is 4.01. The van der Waals surface area contributed by atoms with Gasteiger partial charge in [0.2, 0.25) is 0 Å². The summed E-state index contributed by atoms with van der Waals surface area (Å²) in [7, 11) is 0. The van der Waals surface area contributed by atoms with E-state index in [9.17, 15) is 9.59 Å². The molecule has 5 heteroatoms. The Balaban J connectivity index is 1.29. The second-order valence-electron chi connectivity index (χ2n) is 11.1. The molecular formula is C32H35N3O2. The summed E-state index contributed by atoms with van der Waals surface area (Å²) >= 11 is 0. The number of hydrogen-bond donors (Lipinski definition) is 3. The minimum Gasteiger partial charge on any atom is -0.378 e. The molecule has 0 unspecified atom stereocenters. The van der Waals surface area contributed by atoms with Gasteiger partial charge in [-0.05, 0) is 97.7 Å². The number of rotatable bonds is 6. The van der Waals surface area contributed by atoms with Crippen LogP contribution in [0.4, 0.5) is 11.4 Å². The van der Waals surface area contributed by atoms with E-state index in [2.05, 4.69) is 58.4 Å². The fourth-order valence-corrected chi connectivity index (χ4v) is 7.01. The normalized spacial score (nSPS) is 25.9. The zero-order valence-corrected chi connectivity index (χ0v) is 21.5. The largest absolute Gasteiger partial charge is 0.378 e. The summed E-state index contributed by atoms with van der Waals surface area (Å²) in [6, 6.07) is 24.5. The standard InChI is InChI=1S/C32H35N3O2/c1-3-19(2)33-32(37)24-11-7-8-12-26(24)35-31(36)23-15-16-27-25(18-23)28-21-13-14-22(17-21)29(28)30(34-27)20-9-5-4-6-10-20/h4-12,15-16,18-19,21-22,28-30,34H,3,13-14,17H2,1-2H3,(H,33,37)(H,35,36)/t19-,21-,22-,28-,29+,30-/m0/s1. The van der Waals surface area contributed by atoms with Gasteiger partial charge in [-0.1, -0.05) is 49.4 Å². The van der Waals surface area contributed by atoms with Gasteiger partial charge >= 0.3 is 0 Å². The first-order valence-electron chi connectivity index (χ1n) is 13.7. The first-order chi connectivity index (χ1) is 18.0. The van der Waals surface area contributed by atoms with Gasteiger partial charge in [0.25, 0.3) is 11.8 Å². The highest BCUT2D eigenvalue weighted by molar-refractivity contribution is 6.09. The predicted octanol–water partition coefficient (Wildman–Crippen LogP) is 6.76. The Labute approximate surface area is 219 Å². The van der Waals surface area contributed by atoms with E-state index in [1.54, 1.807) is 12.1 Å². The van der Waals surface area contributed by atoms with Crippen LogP contribution in [0.15, 0.2) is 72.8 Å². The molecular weight excluding hydrogens is 458 g/mol. The van der Waals surface area contributed by atoms with E-state index >= 15 is 0 Å². The molecule has 6 rings (SSSR count). The molecule has 0 saturated heterocycles. The second kappa shape index (κ2) is 9.70. The Kier molecular flexibility index (Phi) is 6.23. The van der Waals surface area contributed by atoms with Crippen LogP contribution in [0.25, 0.3) is 0 Å². The van der Waals surface area contributed by atoms with E-state index in [-0.39, 0.29) is 17.9 Å². The third-order valence-electron chi connectivity index (χ3n) is 8.92. The van der Waals surface area contributed by atoms with Crippen LogP contribution in [0.2, 0.25) is 0 Å². The van der Waals surface area contributed by atoms with Crippen LogP contribution >= 0.6 is 0 Å². The molecule has 1 heterocycles. The zero-order valence-electron chi connectivity index (χ0n) is 21.5. The van der Waals surface area contributed by atoms with E-state index in [1.807, 2.05) is 32.0 Å². The van der Waals surface area contributed by atoms with E-state index in [1.165, 1.54) is 30.4 Å². The van der Waals surface area contributed by atoms with Gasteiger partial charge in [-0.25, -0.2) is 0 Å². The molecule has 2 amide bonds. The van der Waals surface area contributed by atoms with Gasteiger partial charge in [0.05, 0.1) is 17.3 Å². The number of para-hydroxylation sites is 1. The van der Waals surface area contributed by atoms with Crippen molar-refractivity contribution < 1.29 is 9.59 Å². The number of fused-ring (bicyclic) bond motifs is 7. The number of amides is 2. The zero-order chi connectivity index (χ0) is 25.5. The van der Waals surface area contributed by atoms with Crippen molar-refractivity contribution >= 4 is 23.2 Å². The van der Waals surface area contributed by atoms with E-state index in [0.29, 0.717) is 40.6 Å². The lowest BCUT2D eigenvalue weighted by Crippen LogP contribution is -2.35. The van der Waals surface area contributed by atoms with Gasteiger partial charge in [-0.3, -0.25) is 9.59 Å². The number of hydrogen-bond acceptors (Lipinski definition) is 3. The lowest BCUT2D eigenvalue weighted by atomic mass is 9.68. The summed E-state index contributed by atoms with van der Waals surface area (Å²) in [5.74, 6) is 2.09. The molecule has 37 heavy (non-hydrogen) atoms. The van der Waals surface area contributed by atoms with Crippen molar-refractivity contribution in [1.82, 2.24) is 5.32 Å². The molecule has 0 spiro atoms. The van der Waals surface area contributed by atoms with Crippen LogP contribution in [0.3, 0.4) is 0 Å². The Morgan fingerprint density at radius 1 is 0.946 bits per heavy atom. The Bertz CT molecular complexity index is 1320. The predicted molar refractivity (Wildman–Crippen MR) is 148 cm³/mol. The maximum Gasteiger partial charge on any atom is 0.255 e. The fourth-order valence-electron chi connectivity index (χ4n) is 7.01. The van der Waals surface area contributed by atoms with Gasteiger partial charge < -0.3 is 16.0 Å². The molecule has 1 aliphatic heterocycles. The highest BCUT2D eigenvalue weighted by Gasteiger charge is 2.53. The first-order valence-corrected chi connectivity index (χ1v) is 13.7. The highest BCUT2D eigenvalue weighted by Crippen LogP contribution is 2.63. The minimum atomic E-state index is -0.184. The molecule has 2 bridgehead atoms. The van der Waals surface area contributed by atoms with Crippen LogP contribution in [0, 0.1) is 17.8 Å². The number of carbonyl (C=O) groups is 2. The summed E-state index contributed by atoms with van der Waals surface area (Å²) in [4.78, 5) is 26.2. The average molecular weight is 494 g/mol. The summed E-state index contributed by atoms with van der Waals surface area (Å²) in [5.41, 5.74) is 5.43. The van der Waals surface area contributed by atoms with Crippen LogP contribution in [0.1, 0.15) is 83.3 Å². The van der Waals surface area contributed by atoms with Crippen molar-refractivity contribution in [2.75, 3.05) is 10.6 Å². The molecule has 6 atom stereocenters. The molecule has 3 aliphatic rings. The molecule has 2 fully saturated rings. The monoisotopic (exact) mass is 493 g/mol. The number of anilines is 2. The Morgan fingerprint density at radius 2 is 1.70 bits per heavy atom. The van der Waals surface area contributed by atoms with E-state index in [4.69, 9.17) is 0 Å². The topological polar surface area (TPSA) is 70.2 Å². The molecule has 3 aromatic carbocycles. The van der Waals surface area contributed by atoms with Crippen LogP contribution in [-0.2, 0) is 0 Å². The van der Waals surface area contributed by atoms with Crippen LogP contribution in [-0.4, -0.2) is 17.9 Å². The molecule has 0 radical (unpaired) electrons. The second-order valence-corrected chi connectivity index (χ2v) is 11.1. The lowest BCUT2D eigenvalue weighted by molar-refractivity contribution is 0.0940. The quantitative estimate of drug-likeness (QED) is 0.355. The van der Waals surface area contributed by atoms with Gasteiger partial charge in [0, 0.05) is 17.3 Å². The van der Waals surface area contributed by atoms with Crippen molar-refractivity contribution in [2.45, 2.75) is 57.5 Å².